The number of rotatable bonds is 4. The molecule has 2 fully saturated rings. The summed E-state index contributed by atoms with van der Waals surface area (Å²) in [4.78, 5) is 28.7. The first-order valence-electron chi connectivity index (χ1n) is 9.12. The van der Waals surface area contributed by atoms with E-state index in [4.69, 9.17) is 0 Å². The Morgan fingerprint density at radius 3 is 2.44 bits per heavy atom. The highest BCUT2D eigenvalue weighted by Crippen LogP contribution is 2.59. The van der Waals surface area contributed by atoms with Crippen molar-refractivity contribution in [2.45, 2.75) is 39.8 Å². The number of hydrogen-bond acceptors (Lipinski definition) is 3. The van der Waals surface area contributed by atoms with E-state index >= 15 is 0 Å². The van der Waals surface area contributed by atoms with Crippen LogP contribution in [0.5, 0.6) is 0 Å². The lowest BCUT2D eigenvalue weighted by Crippen LogP contribution is -2.44. The zero-order valence-corrected chi connectivity index (χ0v) is 15.3. The molecule has 2 aliphatic rings. The first-order chi connectivity index (χ1) is 11.8. The second-order valence-electron chi connectivity index (χ2n) is 8.07. The SMILES string of the molecule is CC1CN(Cc2ccccc2)CCCN1C(=O)[C@@H]1[C@H](C(=O)O)C1(C)C. The predicted octanol–water partition coefficient (Wildman–Crippen LogP) is 2.47. The van der Waals surface area contributed by atoms with Crippen molar-refractivity contribution in [1.29, 1.82) is 0 Å². The maximum absolute atomic E-state index is 13.0. The van der Waals surface area contributed by atoms with Gasteiger partial charge < -0.3 is 10.0 Å². The molecule has 1 aromatic rings. The number of nitrogens with zero attached hydrogens (tertiary/aromatic N) is 2. The highest BCUT2D eigenvalue weighted by atomic mass is 16.4. The van der Waals surface area contributed by atoms with Crippen molar-refractivity contribution in [2.75, 3.05) is 19.6 Å². The van der Waals surface area contributed by atoms with E-state index < -0.39 is 17.3 Å². The number of carbonyl (C=O) groups is 2. The molecule has 0 spiro atoms. The molecule has 5 heteroatoms. The predicted molar refractivity (Wildman–Crippen MR) is 95.9 cm³/mol. The lowest BCUT2D eigenvalue weighted by molar-refractivity contribution is -0.142. The fourth-order valence-corrected chi connectivity index (χ4v) is 4.30. The first kappa shape index (κ1) is 17.9. The topological polar surface area (TPSA) is 60.9 Å². The minimum absolute atomic E-state index is 0.0199. The molecule has 25 heavy (non-hydrogen) atoms. The molecule has 1 N–H and O–H groups in total. The van der Waals surface area contributed by atoms with Crippen molar-refractivity contribution in [3.05, 3.63) is 35.9 Å². The van der Waals surface area contributed by atoms with Gasteiger partial charge in [0.15, 0.2) is 0 Å². The van der Waals surface area contributed by atoms with E-state index in [1.165, 1.54) is 5.56 Å². The van der Waals surface area contributed by atoms with Crippen molar-refractivity contribution < 1.29 is 14.7 Å². The standard InChI is InChI=1S/C20H28N2O3/c1-14-12-21(13-15-8-5-4-6-9-15)10-7-11-22(14)18(23)16-17(19(24)25)20(16,2)3/h4-6,8-9,14,16-17H,7,10-13H2,1-3H3,(H,24,25)/t14?,16-,17+/m0/s1. The minimum Gasteiger partial charge on any atom is -0.481 e. The molecular formula is C20H28N2O3. The summed E-state index contributed by atoms with van der Waals surface area (Å²) < 4.78 is 0. The number of aliphatic carboxylic acids is 1. The van der Waals surface area contributed by atoms with Crippen molar-refractivity contribution in [3.8, 4) is 0 Å². The molecule has 3 atom stereocenters. The fourth-order valence-electron chi connectivity index (χ4n) is 4.30. The van der Waals surface area contributed by atoms with Crippen LogP contribution >= 0.6 is 0 Å². The van der Waals surface area contributed by atoms with Crippen LogP contribution in [0.25, 0.3) is 0 Å². The van der Waals surface area contributed by atoms with E-state index in [-0.39, 0.29) is 17.9 Å². The molecule has 0 aromatic heterocycles. The van der Waals surface area contributed by atoms with Crippen LogP contribution in [0.3, 0.4) is 0 Å². The molecule has 3 rings (SSSR count). The second kappa shape index (κ2) is 6.79. The molecule has 0 radical (unpaired) electrons. The molecular weight excluding hydrogens is 316 g/mol. The Kier molecular flexibility index (Phi) is 4.87. The molecule has 1 saturated heterocycles. The van der Waals surface area contributed by atoms with Crippen molar-refractivity contribution >= 4 is 11.9 Å². The van der Waals surface area contributed by atoms with Crippen LogP contribution in [0.1, 0.15) is 32.8 Å². The quantitative estimate of drug-likeness (QED) is 0.911. The van der Waals surface area contributed by atoms with Crippen molar-refractivity contribution in [1.82, 2.24) is 9.80 Å². The minimum atomic E-state index is -0.850. The van der Waals surface area contributed by atoms with E-state index in [9.17, 15) is 14.7 Å². The Hall–Kier alpha value is -1.88. The summed E-state index contributed by atoms with van der Waals surface area (Å²) in [5, 5.41) is 9.36. The van der Waals surface area contributed by atoms with Crippen LogP contribution in [0.4, 0.5) is 0 Å². The van der Waals surface area contributed by atoms with Crippen LogP contribution in [0, 0.1) is 17.3 Å². The van der Waals surface area contributed by atoms with Gasteiger partial charge in [-0.25, -0.2) is 0 Å². The van der Waals surface area contributed by atoms with Crippen LogP contribution in [0.2, 0.25) is 0 Å². The van der Waals surface area contributed by atoms with Crippen LogP contribution in [-0.2, 0) is 16.1 Å². The average Bonchev–Trinajstić information content (AvgIpc) is 3.18. The van der Waals surface area contributed by atoms with Crippen molar-refractivity contribution in [3.63, 3.8) is 0 Å². The molecule has 5 nitrogen and oxygen atoms in total. The van der Waals surface area contributed by atoms with Crippen LogP contribution < -0.4 is 0 Å². The molecule has 136 valence electrons. The highest BCUT2D eigenvalue weighted by molar-refractivity contribution is 5.91. The summed E-state index contributed by atoms with van der Waals surface area (Å²) in [6.45, 7) is 9.23. The molecule has 1 aliphatic carbocycles. The molecule has 1 amide bonds. The van der Waals surface area contributed by atoms with E-state index in [2.05, 4.69) is 24.0 Å². The van der Waals surface area contributed by atoms with Gasteiger partial charge in [0.1, 0.15) is 0 Å². The zero-order chi connectivity index (χ0) is 18.2. The lowest BCUT2D eigenvalue weighted by atomic mass is 10.1. The molecule has 0 bridgehead atoms. The number of carbonyl (C=O) groups excluding carboxylic acids is 1. The van der Waals surface area contributed by atoms with Crippen LogP contribution in [-0.4, -0.2) is 52.5 Å². The largest absolute Gasteiger partial charge is 0.481 e. The second-order valence-corrected chi connectivity index (χ2v) is 8.07. The van der Waals surface area contributed by atoms with Gasteiger partial charge in [-0.05, 0) is 24.3 Å². The molecule has 1 saturated carbocycles. The van der Waals surface area contributed by atoms with E-state index in [1.807, 2.05) is 36.9 Å². The van der Waals surface area contributed by atoms with E-state index in [1.54, 1.807) is 0 Å². The van der Waals surface area contributed by atoms with Gasteiger partial charge in [0.2, 0.25) is 5.91 Å². The third-order valence-corrected chi connectivity index (χ3v) is 5.82. The molecule has 1 unspecified atom stereocenters. The highest BCUT2D eigenvalue weighted by Gasteiger charge is 2.66. The number of carboxylic acids is 1. The maximum atomic E-state index is 13.0. The smallest absolute Gasteiger partial charge is 0.307 e. The van der Waals surface area contributed by atoms with Gasteiger partial charge in [0, 0.05) is 32.2 Å². The normalized spacial score (nSPS) is 29.1. The Labute approximate surface area is 149 Å². The van der Waals surface area contributed by atoms with Gasteiger partial charge in [-0.15, -0.1) is 0 Å². The zero-order valence-electron chi connectivity index (χ0n) is 15.3. The lowest BCUT2D eigenvalue weighted by Gasteiger charge is -2.29. The van der Waals surface area contributed by atoms with E-state index in [0.717, 1.165) is 26.1 Å². The molecule has 1 aliphatic heterocycles. The maximum Gasteiger partial charge on any atom is 0.307 e. The van der Waals surface area contributed by atoms with Gasteiger partial charge in [-0.1, -0.05) is 44.2 Å². The third kappa shape index (κ3) is 3.56. The number of hydrogen-bond donors (Lipinski definition) is 1. The van der Waals surface area contributed by atoms with Gasteiger partial charge >= 0.3 is 5.97 Å². The Morgan fingerprint density at radius 1 is 1.16 bits per heavy atom. The van der Waals surface area contributed by atoms with Crippen LogP contribution in [0.15, 0.2) is 30.3 Å². The summed E-state index contributed by atoms with van der Waals surface area (Å²) >= 11 is 0. The third-order valence-electron chi connectivity index (χ3n) is 5.82. The number of amides is 1. The summed E-state index contributed by atoms with van der Waals surface area (Å²) in [6, 6.07) is 10.5. The average molecular weight is 344 g/mol. The van der Waals surface area contributed by atoms with Gasteiger partial charge in [0.05, 0.1) is 11.8 Å². The monoisotopic (exact) mass is 344 g/mol. The Balaban J connectivity index is 1.65. The van der Waals surface area contributed by atoms with Gasteiger partial charge in [-0.3, -0.25) is 14.5 Å². The summed E-state index contributed by atoms with van der Waals surface area (Å²) in [5.41, 5.74) is 0.849. The van der Waals surface area contributed by atoms with Crippen molar-refractivity contribution in [2.24, 2.45) is 17.3 Å². The summed E-state index contributed by atoms with van der Waals surface area (Å²) in [6.07, 6.45) is 0.924. The van der Waals surface area contributed by atoms with E-state index in [0.29, 0.717) is 6.54 Å². The van der Waals surface area contributed by atoms with Gasteiger partial charge in [-0.2, -0.15) is 0 Å². The summed E-state index contributed by atoms with van der Waals surface area (Å²) in [5.74, 6) is -1.76. The summed E-state index contributed by atoms with van der Waals surface area (Å²) in [7, 11) is 0. The number of benzene rings is 1. The fraction of sp³-hybridized carbons (Fsp3) is 0.600. The van der Waals surface area contributed by atoms with Gasteiger partial charge in [0.25, 0.3) is 0 Å². The Morgan fingerprint density at radius 2 is 1.84 bits per heavy atom. The molecule has 1 heterocycles. The number of carboxylic acid groups (broad SMARTS) is 1. The first-order valence-corrected chi connectivity index (χ1v) is 9.12. The molecule has 1 aromatic carbocycles. The Bertz CT molecular complexity index is 644.